The number of cyclic esters (lactones) is 3. The van der Waals surface area contributed by atoms with Crippen molar-refractivity contribution >= 4 is 115 Å². The van der Waals surface area contributed by atoms with Crippen molar-refractivity contribution in [3.8, 4) is 17.2 Å². The predicted octanol–water partition coefficient (Wildman–Crippen LogP) is -1.25. The summed E-state index contributed by atoms with van der Waals surface area (Å²) in [4.78, 5) is 134. The van der Waals surface area contributed by atoms with Crippen LogP contribution in [0.15, 0.2) is 130 Å². The van der Waals surface area contributed by atoms with E-state index in [2.05, 4.69) is 82.9 Å². The first-order chi connectivity index (χ1) is 56.8. The van der Waals surface area contributed by atoms with Crippen LogP contribution in [0.25, 0.3) is 0 Å². The third-order valence-electron chi connectivity index (χ3n) is 15.7. The Morgan fingerprint density at radius 1 is 0.529 bits per heavy atom. The summed E-state index contributed by atoms with van der Waals surface area (Å²) >= 11 is 0. The number of anilines is 3. The number of aliphatic hydroxyl groups excluding tert-OH is 1. The number of hydrogen-bond donors (Lipinski definition) is 20. The summed E-state index contributed by atoms with van der Waals surface area (Å²) in [5.74, 6) is -6.44. The van der Waals surface area contributed by atoms with Crippen LogP contribution in [0.2, 0.25) is 0 Å². The molecule has 3 fully saturated rings. The van der Waals surface area contributed by atoms with E-state index in [0.29, 0.717) is 75.3 Å². The van der Waals surface area contributed by atoms with E-state index in [9.17, 15) is 90.6 Å². The third-order valence-corrected chi connectivity index (χ3v) is 15.7. The van der Waals surface area contributed by atoms with Crippen molar-refractivity contribution in [3.05, 3.63) is 143 Å². The van der Waals surface area contributed by atoms with Gasteiger partial charge in [-0.15, -0.1) is 0 Å². The number of nitrogens with one attached hydrogen (secondary N) is 11. The molecule has 6 aliphatic heterocycles. The number of rotatable bonds is 27. The number of carboxylic acid groups (broad SMARTS) is 3. The van der Waals surface area contributed by atoms with Crippen LogP contribution in [-0.4, -0.2) is 274 Å². The van der Waals surface area contributed by atoms with Gasteiger partial charge in [-0.2, -0.15) is 0 Å². The van der Waals surface area contributed by atoms with Crippen molar-refractivity contribution in [1.82, 2.24) is 42.5 Å². The molecule has 0 bridgehead atoms. The van der Waals surface area contributed by atoms with Gasteiger partial charge < -0.3 is 99.1 Å². The molecule has 22 N–H and O–H groups in total. The van der Waals surface area contributed by atoms with Gasteiger partial charge >= 0.3 is 246 Å². The number of alkyl halides is 3. The molecule has 0 aliphatic carbocycles. The van der Waals surface area contributed by atoms with E-state index in [4.69, 9.17) is 46.1 Å². The zero-order valence-electron chi connectivity index (χ0n) is 63.7. The number of aliphatic hydroxyl groups is 1. The molecule has 6 heterocycles. The number of nitrogens with two attached hydrogens (primary N) is 2. The molecule has 46 heteroatoms. The number of ether oxygens (including phenoxy) is 5. The topological polar surface area (TPSA) is 631 Å². The first kappa shape index (κ1) is 96.4. The molecule has 5 aromatic carbocycles. The zero-order valence-corrected chi connectivity index (χ0v) is 63.7. The number of esters is 5. The first-order valence-corrected chi connectivity index (χ1v) is 36.3. The van der Waals surface area contributed by atoms with E-state index >= 15 is 0 Å². The quantitative estimate of drug-likeness (QED) is 0.0166. The maximum Gasteiger partial charge on any atom is 0.335 e. The number of aromatic hydroxyl groups is 3. The largest absolute Gasteiger partial charge is 0.508 e. The molecular weight excluding hydrogens is 1580 g/mol. The molecule has 0 aromatic heterocycles. The fraction of sp³-hybridized carbons (Fsp3) is 0.397. The van der Waals surface area contributed by atoms with Crippen molar-refractivity contribution in [2.24, 2.45) is 26.4 Å². The van der Waals surface area contributed by atoms with Crippen LogP contribution in [-0.2, 0) is 84.7 Å². The molecule has 11 rings (SSSR count). The normalized spacial score (nSPS) is 18.1. The average molecular weight is 1670 g/mol. The number of phenolic OH excluding ortho intramolecular Hbond substituents is 3. The van der Waals surface area contributed by atoms with E-state index in [0.717, 1.165) is 17.2 Å². The van der Waals surface area contributed by atoms with Gasteiger partial charge in [0.2, 0.25) is 5.91 Å². The second-order valence-electron chi connectivity index (χ2n) is 25.8. The second-order valence-corrected chi connectivity index (χ2v) is 25.8. The minimum Gasteiger partial charge on any atom is -0.508 e. The van der Waals surface area contributed by atoms with Crippen molar-refractivity contribution in [3.63, 3.8) is 0 Å². The van der Waals surface area contributed by atoms with Crippen molar-refractivity contribution in [2.75, 3.05) is 108 Å². The molecule has 0 spiro atoms. The minimum absolute atomic E-state index is 0.0221. The summed E-state index contributed by atoms with van der Waals surface area (Å²) in [6.45, 7) is 0.682. The van der Waals surface area contributed by atoms with E-state index in [1.54, 1.807) is 12.1 Å². The Bertz CT molecular complexity index is 4320. The van der Waals surface area contributed by atoms with Crippen molar-refractivity contribution in [1.29, 1.82) is 0 Å². The van der Waals surface area contributed by atoms with Gasteiger partial charge in [0.15, 0.2) is 17.9 Å². The summed E-state index contributed by atoms with van der Waals surface area (Å²) in [5.41, 5.74) is 13.6. The van der Waals surface area contributed by atoms with Gasteiger partial charge in [0, 0.05) is 58.5 Å². The second kappa shape index (κ2) is 52.4. The Morgan fingerprint density at radius 3 is 1.27 bits per heavy atom. The van der Waals surface area contributed by atoms with Crippen LogP contribution >= 0.6 is 0 Å². The average Bonchev–Trinajstić information content (AvgIpc) is 1.67. The number of amides is 3. The summed E-state index contributed by atoms with van der Waals surface area (Å²) < 4.78 is 82.9. The Morgan fingerprint density at radius 2 is 0.924 bits per heavy atom. The smallest absolute Gasteiger partial charge is 0.335 e. The van der Waals surface area contributed by atoms with Gasteiger partial charge in [0.05, 0.1) is 76.7 Å². The SMILES string of the molecule is N[C@@H]1COC(=O)C1.N[C@@H]1COC(=O)C1.O=BCN[C@@H](CC(=O)OCc1ccccc1)C(=O)O.O=BCN[C@H](CO)CC(=O)OCc1ccccc1.O=C(CNC(=O)c1cc(O)cc(NC2=NCC(F)CN2)c1)N[C@@H]1COC(=O)C1.O=C(O)CNC(=O)c1cc(O)cc(NC2=NCC(F)CN2)c1.O=C(O)c1cc(O)cc(NC2=NCC(F)CN2)c1. The van der Waals surface area contributed by atoms with Crippen LogP contribution in [0.5, 0.6) is 17.2 Å². The number of aliphatic imine (C=N–C) groups is 3. The van der Waals surface area contributed by atoms with Gasteiger partial charge in [0.1, 0.15) is 62.1 Å². The van der Waals surface area contributed by atoms with E-state index in [-0.39, 0.29) is 168 Å². The van der Waals surface area contributed by atoms with Crippen LogP contribution in [0, 0.1) is 0 Å². The first-order valence-electron chi connectivity index (χ1n) is 36.3. The number of carbonyl (C=O) groups is 11. The van der Waals surface area contributed by atoms with Gasteiger partial charge in [-0.1, -0.05) is 0 Å². The predicted molar refractivity (Wildman–Crippen MR) is 418 cm³/mol. The number of aliphatic carboxylic acids is 2. The van der Waals surface area contributed by atoms with Gasteiger partial charge in [-0.3, -0.25) is 33.6 Å². The number of halogens is 3. The number of nitrogens with zero attached hydrogens (tertiary/aromatic N) is 3. The summed E-state index contributed by atoms with van der Waals surface area (Å²) in [7, 11) is 1.21. The van der Waals surface area contributed by atoms with E-state index in [1.807, 2.05) is 48.5 Å². The summed E-state index contributed by atoms with van der Waals surface area (Å²) in [6.07, 6.45) is -2.55. The van der Waals surface area contributed by atoms with Crippen molar-refractivity contribution < 1.29 is 135 Å². The molecule has 41 nitrogen and oxygen atoms in total. The Balaban J connectivity index is 0.000000256. The van der Waals surface area contributed by atoms with Crippen LogP contribution < -0.4 is 70.0 Å². The standard InChI is InChI=1S/C17H20FN5O5.C13H15FN4O4.C12H14BNO5.C12H16BNO4.C11H12FN3O3.2C4H7NO2/c18-10-5-20-17(21-6-10)23-11-1-9(2-13(24)3-11)16(27)19-7-14(25)22-12-4-15(26)28-8-12;14-8-4-16-13(17-5-8)18-9-1-7(2-10(19)3-9)12(22)15-6-11(20)21;15-11(6-10(12(16)17)14-8-13-18)19-7-9-4-2-1-3-5-9;15-7-11(14-9-13-17)6-12(16)18-8-10-4-2-1-3-5-10;12-7-4-13-11(14-5-7)15-8-1-6(10(17)18)2-9(16)3-8;2*5-3-1-4(6)7-2-3/h1-3,10,12,24H,4-8H2,(H,19,27)(H,22,25)(H2,20,21,23);1-3,8,19H,4-6H2,(H,15,22)(H,20,21)(H2,16,17,18);1-5,10,14H,6-8H2,(H,16,17);1-5,11,14-15H,6-9H2;1-3,7,16H,4-5H2,(H,17,18)(H2,13,14,15);2*3H,1-2,5H2/t12-;;10-;11-;;2*3-/m0.00.00/s1. The molecular formula is C73H91B2F3N16O25. The zero-order chi connectivity index (χ0) is 87.2. The van der Waals surface area contributed by atoms with Crippen LogP contribution in [0.4, 0.5) is 30.2 Å². The summed E-state index contributed by atoms with van der Waals surface area (Å²) in [5, 5.41) is 93.1. The maximum atomic E-state index is 13.1. The molecule has 3 amide bonds. The molecule has 3 unspecified atom stereocenters. The van der Waals surface area contributed by atoms with Crippen molar-refractivity contribution in [2.45, 2.75) is 94.0 Å². The van der Waals surface area contributed by atoms with E-state index in [1.165, 1.54) is 48.5 Å². The van der Waals surface area contributed by atoms with Gasteiger partial charge in [0.25, 0.3) is 11.8 Å². The Kier molecular flexibility index (Phi) is 42.4. The van der Waals surface area contributed by atoms with Crippen LogP contribution in [0.1, 0.15) is 74.3 Å². The van der Waals surface area contributed by atoms with E-state index < -0.39 is 90.8 Å². The number of guanidine groups is 3. The number of carboxylic acids is 3. The molecule has 0 radical (unpaired) electrons. The minimum atomic E-state index is -1.20. The molecule has 5 aromatic rings. The van der Waals surface area contributed by atoms with Crippen LogP contribution in [0.3, 0.4) is 0 Å². The molecule has 640 valence electrons. The monoisotopic (exact) mass is 1670 g/mol. The number of aromatic carboxylic acids is 1. The fourth-order valence-corrected chi connectivity index (χ4v) is 9.94. The molecule has 6 aliphatic rings. The molecule has 8 atom stereocenters. The number of phenols is 3. The Labute approximate surface area is 677 Å². The summed E-state index contributed by atoms with van der Waals surface area (Å²) in [6, 6.07) is 28.3. The maximum absolute atomic E-state index is 13.1. The molecule has 119 heavy (non-hydrogen) atoms. The number of hydrogen-bond acceptors (Lipinski definition) is 35. The fourth-order valence-electron chi connectivity index (χ4n) is 9.94. The van der Waals surface area contributed by atoms with Gasteiger partial charge in [-0.25, -0.2) is 32.9 Å². The number of benzene rings is 5. The van der Waals surface area contributed by atoms with Gasteiger partial charge in [-0.05, 0) is 36.4 Å². The number of carbonyl (C=O) groups excluding carboxylic acids is 8. The third kappa shape index (κ3) is 40.3. The Hall–Kier alpha value is -13.2. The molecule has 0 saturated carbocycles. The molecule has 3 saturated heterocycles.